The normalized spacial score (nSPS) is 11.6. The van der Waals surface area contributed by atoms with Gasteiger partial charge in [-0.3, -0.25) is 0 Å². The Morgan fingerprint density at radius 1 is 0.957 bits per heavy atom. The SMILES string of the molecule is Cc1n(CCP(=O)(c2ccccc2)c2ccccc2)cc[n+]1C. The van der Waals surface area contributed by atoms with Crippen molar-refractivity contribution < 1.29 is 9.13 Å². The first-order valence-electron chi connectivity index (χ1n) is 7.83. The minimum absolute atomic E-state index is 0.622. The van der Waals surface area contributed by atoms with Crippen LogP contribution in [0.1, 0.15) is 5.82 Å². The van der Waals surface area contributed by atoms with Crippen LogP contribution in [-0.2, 0) is 18.2 Å². The molecule has 0 amide bonds. The Kier molecular flexibility index (Phi) is 4.49. The summed E-state index contributed by atoms with van der Waals surface area (Å²) in [5, 5.41) is 1.86. The molecule has 0 saturated heterocycles. The minimum Gasteiger partial charge on any atom is -0.313 e. The van der Waals surface area contributed by atoms with E-state index in [4.69, 9.17) is 0 Å². The molecule has 0 bridgehead atoms. The molecule has 3 nitrogen and oxygen atoms in total. The minimum atomic E-state index is -2.63. The topological polar surface area (TPSA) is 25.9 Å². The zero-order chi connectivity index (χ0) is 16.3. The summed E-state index contributed by atoms with van der Waals surface area (Å²) in [5.41, 5.74) is 0. The van der Waals surface area contributed by atoms with Gasteiger partial charge in [0.2, 0.25) is 0 Å². The molecule has 2 aromatic carbocycles. The van der Waals surface area contributed by atoms with Gasteiger partial charge in [0.05, 0.1) is 13.6 Å². The smallest absolute Gasteiger partial charge is 0.253 e. The van der Waals surface area contributed by atoms with Crippen molar-refractivity contribution in [3.8, 4) is 0 Å². The molecule has 0 spiro atoms. The van der Waals surface area contributed by atoms with E-state index in [2.05, 4.69) is 22.3 Å². The second-order valence-corrected chi connectivity index (χ2v) is 8.74. The summed E-state index contributed by atoms with van der Waals surface area (Å²) in [7, 11) is -0.603. The predicted octanol–water partition coefficient (Wildman–Crippen LogP) is 2.64. The summed E-state index contributed by atoms with van der Waals surface area (Å²) >= 11 is 0. The third-order valence-electron chi connectivity index (χ3n) is 4.40. The lowest BCUT2D eigenvalue weighted by Gasteiger charge is -2.18. The highest BCUT2D eigenvalue weighted by atomic mass is 31.2. The summed E-state index contributed by atoms with van der Waals surface area (Å²) in [6.45, 7) is 2.82. The molecular weight excluding hydrogens is 303 g/mol. The van der Waals surface area contributed by atoms with Gasteiger partial charge >= 0.3 is 0 Å². The van der Waals surface area contributed by atoms with E-state index in [1.54, 1.807) is 0 Å². The monoisotopic (exact) mass is 325 g/mol. The first kappa shape index (κ1) is 15.8. The van der Waals surface area contributed by atoms with E-state index in [1.807, 2.05) is 73.9 Å². The molecule has 1 aromatic heterocycles. The molecular formula is C19H22N2OP+. The lowest BCUT2D eigenvalue weighted by molar-refractivity contribution is -0.677. The highest BCUT2D eigenvalue weighted by Crippen LogP contribution is 2.43. The molecule has 0 radical (unpaired) electrons. The molecule has 0 aliphatic heterocycles. The van der Waals surface area contributed by atoms with Gasteiger partial charge in [0.1, 0.15) is 19.5 Å². The number of aryl methyl sites for hydroxylation is 2. The van der Waals surface area contributed by atoms with E-state index in [0.717, 1.165) is 23.0 Å². The molecule has 4 heteroatoms. The lowest BCUT2D eigenvalue weighted by Crippen LogP contribution is -2.30. The van der Waals surface area contributed by atoms with Crippen molar-refractivity contribution in [1.82, 2.24) is 4.57 Å². The van der Waals surface area contributed by atoms with Crippen LogP contribution in [0.15, 0.2) is 73.1 Å². The highest BCUT2D eigenvalue weighted by molar-refractivity contribution is 7.78. The molecule has 0 aliphatic rings. The average Bonchev–Trinajstić information content (AvgIpc) is 2.93. The van der Waals surface area contributed by atoms with Crippen molar-refractivity contribution in [2.75, 3.05) is 6.16 Å². The number of hydrogen-bond donors (Lipinski definition) is 0. The van der Waals surface area contributed by atoms with Gasteiger partial charge < -0.3 is 4.57 Å². The molecule has 23 heavy (non-hydrogen) atoms. The number of benzene rings is 2. The van der Waals surface area contributed by atoms with Crippen LogP contribution in [0.2, 0.25) is 0 Å². The van der Waals surface area contributed by atoms with E-state index < -0.39 is 7.14 Å². The van der Waals surface area contributed by atoms with E-state index in [9.17, 15) is 4.57 Å². The second-order valence-electron chi connectivity index (χ2n) is 5.78. The Bertz CT molecular complexity index is 782. The standard InChI is InChI=1S/C19H22N2OP/c1-17-20(2)13-14-21(17)15-16-23(22,18-9-5-3-6-10-18)19-11-7-4-8-12-19/h3-14H,15-16H2,1-2H3/q+1. The molecule has 0 fully saturated rings. The van der Waals surface area contributed by atoms with Gasteiger partial charge in [-0.05, 0) is 0 Å². The van der Waals surface area contributed by atoms with Crippen LogP contribution in [0.4, 0.5) is 0 Å². The summed E-state index contributed by atoms with van der Waals surface area (Å²) in [6.07, 6.45) is 4.71. The van der Waals surface area contributed by atoms with Crippen molar-refractivity contribution in [2.24, 2.45) is 7.05 Å². The Morgan fingerprint density at radius 3 is 1.91 bits per heavy atom. The Hall–Kier alpha value is -2.12. The Morgan fingerprint density at radius 2 is 1.48 bits per heavy atom. The van der Waals surface area contributed by atoms with Crippen LogP contribution in [0.3, 0.4) is 0 Å². The van der Waals surface area contributed by atoms with Gasteiger partial charge in [-0.25, -0.2) is 9.13 Å². The molecule has 3 aromatic rings. The first-order valence-corrected chi connectivity index (χ1v) is 9.72. The lowest BCUT2D eigenvalue weighted by atomic mass is 10.4. The van der Waals surface area contributed by atoms with Crippen molar-refractivity contribution >= 4 is 17.8 Å². The number of rotatable bonds is 5. The summed E-state index contributed by atoms with van der Waals surface area (Å²) < 4.78 is 18.1. The maximum atomic E-state index is 13.9. The van der Waals surface area contributed by atoms with Gasteiger partial charge in [-0.15, -0.1) is 0 Å². The van der Waals surface area contributed by atoms with Gasteiger partial charge in [-0.1, -0.05) is 60.7 Å². The van der Waals surface area contributed by atoms with Crippen molar-refractivity contribution in [2.45, 2.75) is 13.5 Å². The summed E-state index contributed by atoms with van der Waals surface area (Å²) in [5.74, 6) is 1.16. The molecule has 0 aliphatic carbocycles. The van der Waals surface area contributed by atoms with Crippen LogP contribution < -0.4 is 15.2 Å². The maximum absolute atomic E-state index is 13.9. The van der Waals surface area contributed by atoms with Crippen molar-refractivity contribution in [3.05, 3.63) is 78.9 Å². The fourth-order valence-corrected chi connectivity index (χ4v) is 5.45. The third kappa shape index (κ3) is 3.16. The van der Waals surface area contributed by atoms with Crippen LogP contribution in [0, 0.1) is 6.92 Å². The molecule has 1 heterocycles. The van der Waals surface area contributed by atoms with Gasteiger partial charge in [0.15, 0.2) is 0 Å². The zero-order valence-electron chi connectivity index (χ0n) is 13.6. The average molecular weight is 325 g/mol. The molecule has 0 saturated carbocycles. The third-order valence-corrected chi connectivity index (χ3v) is 7.49. The first-order chi connectivity index (χ1) is 11.1. The number of nitrogens with zero attached hydrogens (tertiary/aromatic N) is 2. The summed E-state index contributed by atoms with van der Waals surface area (Å²) in [6, 6.07) is 19.7. The van der Waals surface area contributed by atoms with E-state index in [0.29, 0.717) is 6.16 Å². The Labute approximate surface area is 137 Å². The molecule has 0 N–H and O–H groups in total. The van der Waals surface area contributed by atoms with E-state index >= 15 is 0 Å². The van der Waals surface area contributed by atoms with Gasteiger partial charge in [0, 0.05) is 23.7 Å². The van der Waals surface area contributed by atoms with Crippen LogP contribution >= 0.6 is 7.14 Å². The largest absolute Gasteiger partial charge is 0.313 e. The van der Waals surface area contributed by atoms with Crippen LogP contribution in [0.5, 0.6) is 0 Å². The second kappa shape index (κ2) is 6.55. The zero-order valence-corrected chi connectivity index (χ0v) is 14.5. The summed E-state index contributed by atoms with van der Waals surface area (Å²) in [4.78, 5) is 0. The van der Waals surface area contributed by atoms with E-state index in [-0.39, 0.29) is 0 Å². The molecule has 3 rings (SSSR count). The van der Waals surface area contributed by atoms with Crippen LogP contribution in [-0.4, -0.2) is 10.7 Å². The number of hydrogen-bond acceptors (Lipinski definition) is 1. The molecule has 0 unspecified atom stereocenters. The predicted molar refractivity (Wildman–Crippen MR) is 95.0 cm³/mol. The number of imidazole rings is 1. The maximum Gasteiger partial charge on any atom is 0.253 e. The van der Waals surface area contributed by atoms with Crippen molar-refractivity contribution in [1.29, 1.82) is 0 Å². The highest BCUT2D eigenvalue weighted by Gasteiger charge is 2.28. The van der Waals surface area contributed by atoms with Crippen LogP contribution in [0.25, 0.3) is 0 Å². The van der Waals surface area contributed by atoms with Gasteiger partial charge in [-0.2, -0.15) is 0 Å². The molecule has 118 valence electrons. The van der Waals surface area contributed by atoms with Crippen molar-refractivity contribution in [3.63, 3.8) is 0 Å². The molecule has 0 atom stereocenters. The quantitative estimate of drug-likeness (QED) is 0.523. The number of aromatic nitrogens is 2. The fourth-order valence-electron chi connectivity index (χ4n) is 2.83. The van der Waals surface area contributed by atoms with Gasteiger partial charge in [0.25, 0.3) is 5.82 Å². The fraction of sp³-hybridized carbons (Fsp3) is 0.211. The Balaban J connectivity index is 1.97. The van der Waals surface area contributed by atoms with E-state index in [1.165, 1.54) is 0 Å².